The van der Waals surface area contributed by atoms with Gasteiger partial charge >= 0.3 is 5.97 Å². The van der Waals surface area contributed by atoms with Crippen LogP contribution < -0.4 is 0 Å². The van der Waals surface area contributed by atoms with Crippen LogP contribution in [0.4, 0.5) is 0 Å². The smallest absolute Gasteiger partial charge is 0.334 e. The Kier molecular flexibility index (Phi) is 10.4. The molecule has 4 rings (SSSR count). The van der Waals surface area contributed by atoms with E-state index in [0.717, 1.165) is 53.8 Å². The van der Waals surface area contributed by atoms with Crippen molar-refractivity contribution >= 4 is 5.97 Å². The van der Waals surface area contributed by atoms with E-state index >= 15 is 0 Å². The van der Waals surface area contributed by atoms with Crippen LogP contribution in [-0.4, -0.2) is 38.1 Å². The lowest BCUT2D eigenvalue weighted by atomic mass is 9.44. The van der Waals surface area contributed by atoms with E-state index in [0.29, 0.717) is 29.6 Å². The standard InChI is InChI=1S/C36H63NO2/c1-25(2)11-9-12-26(3)31-16-17-32-30-15-14-29-23-28(13-10-22-39-34(38)27(4)24-37(7)8)18-20-35(29,5)33(30)19-21-36(31,32)6/h25-26,28-33H,4,9-24H2,1-3,5-8H3/t26-,28+,29-,30+,31-,32-,33-,35+,36-/m1/s1. The summed E-state index contributed by atoms with van der Waals surface area (Å²) < 4.78 is 5.53. The highest BCUT2D eigenvalue weighted by Crippen LogP contribution is 2.68. The summed E-state index contributed by atoms with van der Waals surface area (Å²) in [5.74, 6) is 7.17. The van der Waals surface area contributed by atoms with Crippen LogP contribution in [0.1, 0.15) is 125 Å². The lowest BCUT2D eigenvalue weighted by Crippen LogP contribution is -2.53. The van der Waals surface area contributed by atoms with Crippen molar-refractivity contribution in [3.63, 3.8) is 0 Å². The van der Waals surface area contributed by atoms with Crippen molar-refractivity contribution in [1.82, 2.24) is 4.90 Å². The van der Waals surface area contributed by atoms with Crippen LogP contribution in [0.15, 0.2) is 12.2 Å². The fourth-order valence-corrected chi connectivity index (χ4v) is 10.7. The van der Waals surface area contributed by atoms with Crippen molar-refractivity contribution in [2.75, 3.05) is 27.2 Å². The molecule has 4 aliphatic carbocycles. The van der Waals surface area contributed by atoms with Gasteiger partial charge in [0.2, 0.25) is 0 Å². The third-order valence-corrected chi connectivity index (χ3v) is 12.8. The van der Waals surface area contributed by atoms with Gasteiger partial charge in [-0.25, -0.2) is 4.79 Å². The van der Waals surface area contributed by atoms with Gasteiger partial charge in [-0.1, -0.05) is 60.5 Å². The van der Waals surface area contributed by atoms with E-state index in [1.807, 2.05) is 19.0 Å². The van der Waals surface area contributed by atoms with E-state index in [1.54, 1.807) is 0 Å². The molecule has 3 nitrogen and oxygen atoms in total. The lowest BCUT2D eigenvalue weighted by molar-refractivity contribution is -0.139. The van der Waals surface area contributed by atoms with Crippen LogP contribution in [0.3, 0.4) is 0 Å². The molecule has 4 fully saturated rings. The number of nitrogens with zero attached hydrogens (tertiary/aromatic N) is 1. The summed E-state index contributed by atoms with van der Waals surface area (Å²) in [6.07, 6.45) is 19.7. The maximum Gasteiger partial charge on any atom is 0.334 e. The van der Waals surface area contributed by atoms with E-state index < -0.39 is 0 Å². The maximum atomic E-state index is 12.2. The molecule has 4 aliphatic rings. The number of hydrogen-bond donors (Lipinski definition) is 0. The molecule has 9 atom stereocenters. The lowest BCUT2D eigenvalue weighted by Gasteiger charge is -2.61. The van der Waals surface area contributed by atoms with Gasteiger partial charge in [0.05, 0.1) is 6.61 Å². The largest absolute Gasteiger partial charge is 0.462 e. The minimum atomic E-state index is -0.221. The average Bonchev–Trinajstić information content (AvgIpc) is 3.23. The Morgan fingerprint density at radius 3 is 2.36 bits per heavy atom. The normalized spacial score (nSPS) is 38.7. The fraction of sp³-hybridized carbons (Fsp3) is 0.917. The van der Waals surface area contributed by atoms with Gasteiger partial charge in [-0.05, 0) is 143 Å². The maximum absolute atomic E-state index is 12.2. The van der Waals surface area contributed by atoms with Crippen LogP contribution in [0.5, 0.6) is 0 Å². The van der Waals surface area contributed by atoms with Crippen LogP contribution in [0.25, 0.3) is 0 Å². The molecule has 3 heteroatoms. The highest BCUT2D eigenvalue weighted by Gasteiger charge is 2.60. The zero-order valence-corrected chi connectivity index (χ0v) is 26.9. The first-order valence-corrected chi connectivity index (χ1v) is 16.9. The summed E-state index contributed by atoms with van der Waals surface area (Å²) in [6, 6.07) is 0. The minimum absolute atomic E-state index is 0.221. The molecule has 0 saturated heterocycles. The zero-order chi connectivity index (χ0) is 28.4. The second kappa shape index (κ2) is 13.0. The van der Waals surface area contributed by atoms with E-state index in [2.05, 4.69) is 41.2 Å². The summed E-state index contributed by atoms with van der Waals surface area (Å²) in [5.41, 5.74) is 1.73. The Balaban J connectivity index is 1.27. The molecule has 0 unspecified atom stereocenters. The monoisotopic (exact) mass is 541 g/mol. The molecule has 0 aromatic heterocycles. The topological polar surface area (TPSA) is 29.5 Å². The number of likely N-dealkylation sites (N-methyl/N-ethyl adjacent to an activating group) is 1. The highest BCUT2D eigenvalue weighted by atomic mass is 16.5. The molecule has 0 aliphatic heterocycles. The zero-order valence-electron chi connectivity index (χ0n) is 26.9. The molecular weight excluding hydrogens is 478 g/mol. The number of hydrogen-bond acceptors (Lipinski definition) is 3. The molecule has 0 aromatic carbocycles. The number of carbonyl (C=O) groups is 1. The van der Waals surface area contributed by atoms with Crippen molar-refractivity contribution in [2.45, 2.75) is 125 Å². The Bertz CT molecular complexity index is 834. The third kappa shape index (κ3) is 6.81. The van der Waals surface area contributed by atoms with E-state index in [1.165, 1.54) is 83.5 Å². The number of fused-ring (bicyclic) bond motifs is 5. The van der Waals surface area contributed by atoms with Crippen molar-refractivity contribution in [1.29, 1.82) is 0 Å². The number of ether oxygens (including phenoxy) is 1. The van der Waals surface area contributed by atoms with Crippen molar-refractivity contribution in [3.8, 4) is 0 Å². The van der Waals surface area contributed by atoms with Gasteiger partial charge in [0.1, 0.15) is 0 Å². The molecular formula is C36H63NO2. The van der Waals surface area contributed by atoms with Gasteiger partial charge in [0, 0.05) is 12.1 Å². The summed E-state index contributed by atoms with van der Waals surface area (Å²) in [6.45, 7) is 17.8. The first-order chi connectivity index (χ1) is 18.5. The first-order valence-electron chi connectivity index (χ1n) is 16.9. The van der Waals surface area contributed by atoms with Gasteiger partial charge in [0.25, 0.3) is 0 Å². The van der Waals surface area contributed by atoms with Gasteiger partial charge in [-0.15, -0.1) is 0 Å². The van der Waals surface area contributed by atoms with Gasteiger partial charge in [-0.3, -0.25) is 0 Å². The quantitative estimate of drug-likeness (QED) is 0.140. The molecule has 0 radical (unpaired) electrons. The molecule has 0 heterocycles. The third-order valence-electron chi connectivity index (χ3n) is 12.8. The van der Waals surface area contributed by atoms with Gasteiger partial charge < -0.3 is 9.64 Å². The van der Waals surface area contributed by atoms with Crippen molar-refractivity contribution in [2.24, 2.45) is 58.2 Å². The van der Waals surface area contributed by atoms with Crippen molar-refractivity contribution in [3.05, 3.63) is 12.2 Å². The molecule has 4 saturated carbocycles. The number of carbonyl (C=O) groups excluding carboxylic acids is 1. The molecule has 39 heavy (non-hydrogen) atoms. The van der Waals surface area contributed by atoms with Crippen molar-refractivity contribution < 1.29 is 9.53 Å². The summed E-state index contributed by atoms with van der Waals surface area (Å²) in [5, 5.41) is 0. The van der Waals surface area contributed by atoms with Crippen LogP contribution in [0, 0.1) is 58.2 Å². The predicted molar refractivity (Wildman–Crippen MR) is 164 cm³/mol. The Labute approximate surface area is 242 Å². The van der Waals surface area contributed by atoms with Gasteiger partial charge in [0.15, 0.2) is 0 Å². The molecule has 0 N–H and O–H groups in total. The molecule has 0 spiro atoms. The fourth-order valence-electron chi connectivity index (χ4n) is 10.7. The van der Waals surface area contributed by atoms with Gasteiger partial charge in [-0.2, -0.15) is 0 Å². The Morgan fingerprint density at radius 1 is 0.923 bits per heavy atom. The molecule has 0 bridgehead atoms. The number of rotatable bonds is 12. The van der Waals surface area contributed by atoms with E-state index in [-0.39, 0.29) is 5.97 Å². The van der Waals surface area contributed by atoms with Crippen LogP contribution >= 0.6 is 0 Å². The Morgan fingerprint density at radius 2 is 1.64 bits per heavy atom. The second-order valence-corrected chi connectivity index (χ2v) is 15.9. The summed E-state index contributed by atoms with van der Waals surface area (Å²) in [4.78, 5) is 14.1. The Hall–Kier alpha value is -0.830. The summed E-state index contributed by atoms with van der Waals surface area (Å²) in [7, 11) is 3.91. The molecule has 0 aromatic rings. The van der Waals surface area contributed by atoms with Crippen LogP contribution in [-0.2, 0) is 9.53 Å². The SMILES string of the molecule is C=C(CN(C)C)C(=O)OCCC[C@H]1CC[C@@]2(C)[C@H](CC[C@H]3[C@H]4CC[C@H]([C@H](C)CCCC(C)C)[C@@]4(C)CC[C@H]32)C1. The predicted octanol–water partition coefficient (Wildman–Crippen LogP) is 9.17. The molecule has 224 valence electrons. The minimum Gasteiger partial charge on any atom is -0.462 e. The second-order valence-electron chi connectivity index (χ2n) is 15.9. The average molecular weight is 542 g/mol. The van der Waals surface area contributed by atoms with E-state index in [4.69, 9.17) is 4.74 Å². The number of esters is 1. The van der Waals surface area contributed by atoms with Crippen LogP contribution in [0.2, 0.25) is 0 Å². The highest BCUT2D eigenvalue weighted by molar-refractivity contribution is 5.88. The summed E-state index contributed by atoms with van der Waals surface area (Å²) >= 11 is 0. The molecule has 0 amide bonds. The first kappa shape index (κ1) is 31.1. The van der Waals surface area contributed by atoms with E-state index in [9.17, 15) is 4.79 Å².